The van der Waals surface area contributed by atoms with Gasteiger partial charge in [-0.15, -0.1) is 0 Å². The molecule has 0 aromatic carbocycles. The fourth-order valence-electron chi connectivity index (χ4n) is 1.79. The second-order valence-corrected chi connectivity index (χ2v) is 4.89. The molecule has 3 N–H and O–H groups in total. The smallest absolute Gasteiger partial charge is 0.0190 e. The van der Waals surface area contributed by atoms with E-state index in [9.17, 15) is 0 Å². The van der Waals surface area contributed by atoms with Crippen LogP contribution in [0.5, 0.6) is 0 Å². The molecule has 1 atom stereocenters. The van der Waals surface area contributed by atoms with Crippen LogP contribution in [-0.4, -0.2) is 44.7 Å². The summed E-state index contributed by atoms with van der Waals surface area (Å²) in [4.78, 5) is 2.20. The fourth-order valence-corrected chi connectivity index (χ4v) is 1.79. The molecule has 0 heterocycles. The molecule has 0 aromatic rings. The average molecular weight is 229 g/mol. The Hall–Kier alpha value is -0.120. The summed E-state index contributed by atoms with van der Waals surface area (Å²) in [6.07, 6.45) is 7.98. The van der Waals surface area contributed by atoms with Crippen molar-refractivity contribution in [3.05, 3.63) is 0 Å². The maximum absolute atomic E-state index is 5.75. The summed E-state index contributed by atoms with van der Waals surface area (Å²) in [7, 11) is 4.20. The Morgan fingerprint density at radius 3 is 2.38 bits per heavy atom. The molecular formula is C13H31N3. The summed E-state index contributed by atoms with van der Waals surface area (Å²) in [5.41, 5.74) is 5.75. The maximum atomic E-state index is 5.75. The maximum Gasteiger partial charge on any atom is 0.0190 e. The number of nitrogens with one attached hydrogen (secondary N) is 1. The van der Waals surface area contributed by atoms with Crippen LogP contribution in [0.1, 0.15) is 45.4 Å². The number of hydrogen-bond acceptors (Lipinski definition) is 3. The first-order chi connectivity index (χ1) is 7.70. The highest BCUT2D eigenvalue weighted by atomic mass is 15.1. The molecule has 0 bridgehead atoms. The van der Waals surface area contributed by atoms with E-state index >= 15 is 0 Å². The predicted octanol–water partition coefficient (Wildman–Crippen LogP) is 1.83. The third-order valence-corrected chi connectivity index (χ3v) is 2.93. The Bertz CT molecular complexity index is 137. The molecule has 0 aliphatic heterocycles. The monoisotopic (exact) mass is 229 g/mol. The Labute approximate surface area is 102 Å². The molecular weight excluding hydrogens is 198 g/mol. The van der Waals surface area contributed by atoms with Crippen molar-refractivity contribution >= 4 is 0 Å². The molecule has 3 heteroatoms. The largest absolute Gasteiger partial charge is 0.329 e. The standard InChI is InChI=1S/C13H31N3/c1-4-5-6-7-8-9-13(12-14)15-10-11-16(2)3/h13,15H,4-12,14H2,1-3H3. The Balaban J connectivity index is 3.36. The van der Waals surface area contributed by atoms with Gasteiger partial charge in [0.15, 0.2) is 0 Å². The van der Waals surface area contributed by atoms with Crippen LogP contribution in [0.3, 0.4) is 0 Å². The molecule has 0 amide bonds. The van der Waals surface area contributed by atoms with Crippen molar-refractivity contribution in [2.75, 3.05) is 33.7 Å². The number of rotatable bonds is 11. The summed E-state index contributed by atoms with van der Waals surface area (Å²) in [5, 5.41) is 3.52. The van der Waals surface area contributed by atoms with Crippen molar-refractivity contribution in [3.63, 3.8) is 0 Å². The number of nitrogens with zero attached hydrogens (tertiary/aromatic N) is 1. The quantitative estimate of drug-likeness (QED) is 0.531. The zero-order valence-corrected chi connectivity index (χ0v) is 11.5. The summed E-state index contributed by atoms with van der Waals surface area (Å²) in [6, 6.07) is 0.515. The molecule has 0 rings (SSSR count). The summed E-state index contributed by atoms with van der Waals surface area (Å²) >= 11 is 0. The van der Waals surface area contributed by atoms with E-state index in [4.69, 9.17) is 5.73 Å². The van der Waals surface area contributed by atoms with Gasteiger partial charge in [0.1, 0.15) is 0 Å². The minimum atomic E-state index is 0.515. The molecule has 0 radical (unpaired) electrons. The number of likely N-dealkylation sites (N-methyl/N-ethyl adjacent to an activating group) is 1. The van der Waals surface area contributed by atoms with Gasteiger partial charge in [0.2, 0.25) is 0 Å². The van der Waals surface area contributed by atoms with Gasteiger partial charge in [-0.2, -0.15) is 0 Å². The Kier molecular flexibility index (Phi) is 11.3. The molecule has 0 aliphatic rings. The van der Waals surface area contributed by atoms with Crippen LogP contribution in [0, 0.1) is 0 Å². The number of hydrogen-bond donors (Lipinski definition) is 2. The van der Waals surface area contributed by atoms with Crippen LogP contribution >= 0.6 is 0 Å². The molecule has 16 heavy (non-hydrogen) atoms. The molecule has 0 aromatic heterocycles. The first-order valence-corrected chi connectivity index (χ1v) is 6.78. The Morgan fingerprint density at radius 2 is 1.81 bits per heavy atom. The van der Waals surface area contributed by atoms with Crippen LogP contribution in [0.15, 0.2) is 0 Å². The van der Waals surface area contributed by atoms with E-state index in [-0.39, 0.29) is 0 Å². The van der Waals surface area contributed by atoms with E-state index < -0.39 is 0 Å². The van der Waals surface area contributed by atoms with E-state index in [1.54, 1.807) is 0 Å². The summed E-state index contributed by atoms with van der Waals surface area (Å²) in [5.74, 6) is 0. The normalized spacial score (nSPS) is 13.3. The molecule has 0 saturated heterocycles. The second-order valence-electron chi connectivity index (χ2n) is 4.89. The van der Waals surface area contributed by atoms with Gasteiger partial charge in [-0.1, -0.05) is 39.0 Å². The highest BCUT2D eigenvalue weighted by molar-refractivity contribution is 4.68. The minimum Gasteiger partial charge on any atom is -0.329 e. The molecule has 0 spiro atoms. The third-order valence-electron chi connectivity index (χ3n) is 2.93. The lowest BCUT2D eigenvalue weighted by Gasteiger charge is -2.18. The van der Waals surface area contributed by atoms with Crippen molar-refractivity contribution in [2.45, 2.75) is 51.5 Å². The van der Waals surface area contributed by atoms with Crippen molar-refractivity contribution in [2.24, 2.45) is 5.73 Å². The summed E-state index contributed by atoms with van der Waals surface area (Å²) < 4.78 is 0. The molecule has 0 aliphatic carbocycles. The molecule has 0 fully saturated rings. The van der Waals surface area contributed by atoms with Crippen LogP contribution < -0.4 is 11.1 Å². The summed E-state index contributed by atoms with van der Waals surface area (Å²) in [6.45, 7) is 5.16. The zero-order chi connectivity index (χ0) is 12.2. The van der Waals surface area contributed by atoms with Crippen LogP contribution in [0.2, 0.25) is 0 Å². The lowest BCUT2D eigenvalue weighted by atomic mass is 10.1. The van der Waals surface area contributed by atoms with Gasteiger partial charge < -0.3 is 16.0 Å². The highest BCUT2D eigenvalue weighted by Gasteiger charge is 2.04. The van der Waals surface area contributed by atoms with Crippen molar-refractivity contribution in [3.8, 4) is 0 Å². The topological polar surface area (TPSA) is 41.3 Å². The van der Waals surface area contributed by atoms with Crippen LogP contribution in [-0.2, 0) is 0 Å². The number of unbranched alkanes of at least 4 members (excludes halogenated alkanes) is 4. The number of nitrogens with two attached hydrogens (primary N) is 1. The molecule has 98 valence electrons. The SMILES string of the molecule is CCCCCCCC(CN)NCCN(C)C. The van der Waals surface area contributed by atoms with E-state index in [0.29, 0.717) is 6.04 Å². The minimum absolute atomic E-state index is 0.515. The third kappa shape index (κ3) is 10.4. The molecule has 0 saturated carbocycles. The Morgan fingerprint density at radius 1 is 1.12 bits per heavy atom. The van der Waals surface area contributed by atoms with Crippen molar-refractivity contribution < 1.29 is 0 Å². The van der Waals surface area contributed by atoms with E-state index in [2.05, 4.69) is 31.2 Å². The van der Waals surface area contributed by atoms with Gasteiger partial charge in [0.25, 0.3) is 0 Å². The predicted molar refractivity (Wildman–Crippen MR) is 72.8 cm³/mol. The lowest BCUT2D eigenvalue weighted by Crippen LogP contribution is -2.39. The van der Waals surface area contributed by atoms with Gasteiger partial charge >= 0.3 is 0 Å². The molecule has 3 nitrogen and oxygen atoms in total. The first-order valence-electron chi connectivity index (χ1n) is 6.78. The van der Waals surface area contributed by atoms with E-state index in [0.717, 1.165) is 19.6 Å². The van der Waals surface area contributed by atoms with Crippen LogP contribution in [0.25, 0.3) is 0 Å². The fraction of sp³-hybridized carbons (Fsp3) is 1.00. The van der Waals surface area contributed by atoms with E-state index in [1.165, 1.54) is 38.5 Å². The van der Waals surface area contributed by atoms with Crippen LogP contribution in [0.4, 0.5) is 0 Å². The second kappa shape index (κ2) is 11.4. The lowest BCUT2D eigenvalue weighted by molar-refractivity contribution is 0.374. The van der Waals surface area contributed by atoms with Crippen molar-refractivity contribution in [1.29, 1.82) is 0 Å². The van der Waals surface area contributed by atoms with Gasteiger partial charge in [0, 0.05) is 25.7 Å². The van der Waals surface area contributed by atoms with Gasteiger partial charge in [-0.3, -0.25) is 0 Å². The van der Waals surface area contributed by atoms with Gasteiger partial charge in [-0.05, 0) is 20.5 Å². The zero-order valence-electron chi connectivity index (χ0n) is 11.5. The van der Waals surface area contributed by atoms with Gasteiger partial charge in [0.05, 0.1) is 0 Å². The van der Waals surface area contributed by atoms with Gasteiger partial charge in [-0.25, -0.2) is 0 Å². The average Bonchev–Trinajstić information content (AvgIpc) is 2.26. The molecule has 1 unspecified atom stereocenters. The highest BCUT2D eigenvalue weighted by Crippen LogP contribution is 2.06. The first kappa shape index (κ1) is 15.9. The van der Waals surface area contributed by atoms with E-state index in [1.807, 2.05) is 0 Å². The van der Waals surface area contributed by atoms with Crippen molar-refractivity contribution in [1.82, 2.24) is 10.2 Å².